The molecule has 0 aliphatic carbocycles. The Morgan fingerprint density at radius 3 is 1.22 bits per heavy atom. The minimum Gasteiger partial charge on any atom is -0.248 e. The number of hydrogen-bond donors (Lipinski definition) is 0. The van der Waals surface area contributed by atoms with Crippen LogP contribution in [-0.4, -0.2) is 4.98 Å². The van der Waals surface area contributed by atoms with Gasteiger partial charge in [-0.15, -0.1) is 0 Å². The Bertz CT molecular complexity index is 1580. The van der Waals surface area contributed by atoms with Crippen LogP contribution in [0.1, 0.15) is 0 Å². The molecule has 0 bridgehead atoms. The number of pyridine rings is 1. The van der Waals surface area contributed by atoms with Gasteiger partial charge in [-0.25, -0.2) is 4.98 Å². The Hall–Kier alpha value is -4.27. The van der Waals surface area contributed by atoms with Crippen molar-refractivity contribution in [1.82, 2.24) is 4.98 Å². The van der Waals surface area contributed by atoms with E-state index in [0.717, 1.165) is 32.6 Å². The van der Waals surface area contributed by atoms with Gasteiger partial charge >= 0.3 is 0 Å². The van der Waals surface area contributed by atoms with Gasteiger partial charge in [-0.05, 0) is 63.7 Å². The summed E-state index contributed by atoms with van der Waals surface area (Å²) in [5, 5.41) is 0. The van der Waals surface area contributed by atoms with Gasteiger partial charge in [0.15, 0.2) is 0 Å². The predicted molar refractivity (Wildman–Crippen MR) is 159 cm³/mol. The fraction of sp³-hybridized carbons (Fsp3) is 0. The van der Waals surface area contributed by atoms with Gasteiger partial charge in [0.25, 0.3) is 0 Å². The zero-order valence-electron chi connectivity index (χ0n) is 20.2. The van der Waals surface area contributed by atoms with Crippen LogP contribution in [0.3, 0.4) is 0 Å². The smallest absolute Gasteiger partial charge is 0.0715 e. The molecule has 176 valence electrons. The first kappa shape index (κ1) is 23.1. The molecule has 1 nitrogen and oxygen atoms in total. The Morgan fingerprint density at radius 1 is 0.324 bits per heavy atom. The van der Waals surface area contributed by atoms with Gasteiger partial charge in [-0.2, -0.15) is 0 Å². The lowest BCUT2D eigenvalue weighted by molar-refractivity contribution is 1.32. The molecule has 6 rings (SSSR count). The van der Waals surface area contributed by atoms with Gasteiger partial charge in [0.05, 0.1) is 11.4 Å². The summed E-state index contributed by atoms with van der Waals surface area (Å²) in [6.45, 7) is 0. The maximum absolute atomic E-state index is 5.01. The summed E-state index contributed by atoms with van der Waals surface area (Å²) in [7, 11) is 0. The van der Waals surface area contributed by atoms with E-state index in [4.69, 9.17) is 4.98 Å². The summed E-state index contributed by atoms with van der Waals surface area (Å²) < 4.78 is 1.09. The van der Waals surface area contributed by atoms with Crippen LogP contribution < -0.4 is 0 Å². The van der Waals surface area contributed by atoms with E-state index >= 15 is 0 Å². The fourth-order valence-electron chi connectivity index (χ4n) is 4.59. The number of benzene rings is 5. The minimum absolute atomic E-state index is 0.975. The Morgan fingerprint density at radius 2 is 0.730 bits per heavy atom. The second-order valence-electron chi connectivity index (χ2n) is 9.02. The molecule has 0 aliphatic heterocycles. The van der Waals surface area contributed by atoms with E-state index in [9.17, 15) is 0 Å². The monoisotopic (exact) mass is 537 g/mol. The molecule has 0 unspecified atom stereocenters. The molecule has 2 heteroatoms. The molecular formula is C35H24BrN. The largest absolute Gasteiger partial charge is 0.248 e. The first-order valence-electron chi connectivity index (χ1n) is 12.3. The number of hydrogen-bond acceptors (Lipinski definition) is 1. The van der Waals surface area contributed by atoms with Crippen LogP contribution >= 0.6 is 15.9 Å². The van der Waals surface area contributed by atoms with Crippen molar-refractivity contribution in [1.29, 1.82) is 0 Å². The maximum Gasteiger partial charge on any atom is 0.0715 e. The topological polar surface area (TPSA) is 12.9 Å². The highest BCUT2D eigenvalue weighted by Crippen LogP contribution is 2.32. The highest BCUT2D eigenvalue weighted by Gasteiger charge is 2.09. The van der Waals surface area contributed by atoms with Gasteiger partial charge in [-0.3, -0.25) is 0 Å². The Labute approximate surface area is 226 Å². The van der Waals surface area contributed by atoms with Crippen molar-refractivity contribution in [2.24, 2.45) is 0 Å². The van der Waals surface area contributed by atoms with Gasteiger partial charge < -0.3 is 0 Å². The van der Waals surface area contributed by atoms with E-state index in [0.29, 0.717) is 0 Å². The van der Waals surface area contributed by atoms with E-state index in [-0.39, 0.29) is 0 Å². The van der Waals surface area contributed by atoms with E-state index in [1.807, 2.05) is 12.1 Å². The highest BCUT2D eigenvalue weighted by atomic mass is 79.9. The molecule has 0 fully saturated rings. The molecule has 0 N–H and O–H groups in total. The molecule has 0 saturated heterocycles. The lowest BCUT2D eigenvalue weighted by Crippen LogP contribution is -1.91. The SMILES string of the molecule is Brc1ccc(-c2cccc(-c3ccc(-c4cc(-c5ccccc5)nc(-c5ccccc5)c4)cc3)c2)cc1. The zero-order chi connectivity index (χ0) is 25.0. The molecule has 0 aliphatic rings. The molecular weight excluding hydrogens is 514 g/mol. The maximum atomic E-state index is 5.01. The van der Waals surface area contributed by atoms with Gasteiger partial charge in [0, 0.05) is 15.6 Å². The lowest BCUT2D eigenvalue weighted by Gasteiger charge is -2.11. The van der Waals surface area contributed by atoms with Gasteiger partial charge in [0.2, 0.25) is 0 Å². The van der Waals surface area contributed by atoms with Crippen molar-refractivity contribution in [3.05, 3.63) is 150 Å². The van der Waals surface area contributed by atoms with Crippen LogP contribution in [0.4, 0.5) is 0 Å². The normalized spacial score (nSPS) is 10.8. The number of aromatic nitrogens is 1. The Balaban J connectivity index is 1.37. The molecule has 0 atom stereocenters. The molecule has 1 aromatic heterocycles. The average Bonchev–Trinajstić information content (AvgIpc) is 2.98. The second-order valence-corrected chi connectivity index (χ2v) is 9.94. The first-order valence-corrected chi connectivity index (χ1v) is 13.1. The minimum atomic E-state index is 0.975. The molecule has 0 saturated carbocycles. The number of halogens is 1. The standard InChI is InChI=1S/C35H24BrN/c36-33-20-18-26(19-21-33)31-13-7-12-30(22-31)25-14-16-27(17-15-25)32-23-34(28-8-3-1-4-9-28)37-35(24-32)29-10-5-2-6-11-29/h1-24H. The van der Waals surface area contributed by atoms with E-state index in [2.05, 4.69) is 149 Å². The van der Waals surface area contributed by atoms with Crippen LogP contribution in [0.25, 0.3) is 55.9 Å². The molecule has 6 aromatic rings. The lowest BCUT2D eigenvalue weighted by atomic mass is 9.96. The summed E-state index contributed by atoms with van der Waals surface area (Å²) in [5.74, 6) is 0. The van der Waals surface area contributed by atoms with E-state index in [1.54, 1.807) is 0 Å². The average molecular weight is 538 g/mol. The van der Waals surface area contributed by atoms with Crippen LogP contribution in [0, 0.1) is 0 Å². The van der Waals surface area contributed by atoms with Crippen LogP contribution in [0.2, 0.25) is 0 Å². The molecule has 5 aromatic carbocycles. The molecule has 0 radical (unpaired) electrons. The highest BCUT2D eigenvalue weighted by molar-refractivity contribution is 9.10. The van der Waals surface area contributed by atoms with Crippen molar-refractivity contribution in [2.45, 2.75) is 0 Å². The second kappa shape index (κ2) is 10.4. The van der Waals surface area contributed by atoms with Crippen LogP contribution in [0.5, 0.6) is 0 Å². The zero-order valence-corrected chi connectivity index (χ0v) is 21.8. The molecule has 0 spiro atoms. The van der Waals surface area contributed by atoms with Crippen molar-refractivity contribution in [3.8, 4) is 55.9 Å². The van der Waals surface area contributed by atoms with Gasteiger partial charge in [0.1, 0.15) is 0 Å². The molecule has 0 amide bonds. The summed E-state index contributed by atoms with van der Waals surface area (Å²) in [6, 6.07) is 51.1. The first-order chi connectivity index (χ1) is 18.2. The van der Waals surface area contributed by atoms with Crippen molar-refractivity contribution >= 4 is 15.9 Å². The van der Waals surface area contributed by atoms with E-state index in [1.165, 1.54) is 27.8 Å². The third kappa shape index (κ3) is 5.16. The fourth-order valence-corrected chi connectivity index (χ4v) is 4.85. The van der Waals surface area contributed by atoms with Crippen molar-refractivity contribution in [2.75, 3.05) is 0 Å². The van der Waals surface area contributed by atoms with Crippen LogP contribution in [0.15, 0.2) is 150 Å². The van der Waals surface area contributed by atoms with Crippen LogP contribution in [-0.2, 0) is 0 Å². The van der Waals surface area contributed by atoms with E-state index < -0.39 is 0 Å². The summed E-state index contributed by atoms with van der Waals surface area (Å²) >= 11 is 3.53. The number of rotatable bonds is 5. The third-order valence-electron chi connectivity index (χ3n) is 6.56. The molecule has 1 heterocycles. The van der Waals surface area contributed by atoms with Crippen molar-refractivity contribution in [3.63, 3.8) is 0 Å². The predicted octanol–water partition coefficient (Wildman–Crippen LogP) is 10.2. The third-order valence-corrected chi connectivity index (χ3v) is 7.08. The Kier molecular flexibility index (Phi) is 6.49. The van der Waals surface area contributed by atoms with Crippen molar-refractivity contribution < 1.29 is 0 Å². The summed E-state index contributed by atoms with van der Waals surface area (Å²) in [5.41, 5.74) is 11.3. The van der Waals surface area contributed by atoms with Gasteiger partial charge in [-0.1, -0.05) is 131 Å². The molecule has 37 heavy (non-hydrogen) atoms. The number of nitrogens with zero attached hydrogens (tertiary/aromatic N) is 1. The summed E-state index contributed by atoms with van der Waals surface area (Å²) in [4.78, 5) is 5.01. The quantitative estimate of drug-likeness (QED) is 0.213. The summed E-state index contributed by atoms with van der Waals surface area (Å²) in [6.07, 6.45) is 0.